The number of nitrogens with zero attached hydrogens (tertiary/aromatic N) is 4. The lowest BCUT2D eigenvalue weighted by Gasteiger charge is -2.09. The summed E-state index contributed by atoms with van der Waals surface area (Å²) in [6.45, 7) is 1.40. The lowest BCUT2D eigenvalue weighted by Crippen LogP contribution is -2.31. The van der Waals surface area contributed by atoms with Crippen molar-refractivity contribution in [1.82, 2.24) is 24.4 Å². The zero-order valence-corrected chi connectivity index (χ0v) is 14.7. The number of hydrogen-bond acceptors (Lipinski definition) is 4. The standard InChI is InChI=1S/C20H20N6O/c27-20(14-26-12-7-16-5-1-2-6-17(16)26)22-9-8-21-18-13-19(24-15-23-18)25-10-3-4-11-25/h1-7,10-13,15H,8-9,14H2,(H,22,27)(H,21,23,24). The summed E-state index contributed by atoms with van der Waals surface area (Å²) >= 11 is 0. The zero-order chi connectivity index (χ0) is 18.5. The lowest BCUT2D eigenvalue weighted by atomic mass is 10.2. The largest absolute Gasteiger partial charge is 0.368 e. The quantitative estimate of drug-likeness (QED) is 0.496. The number of nitrogens with one attached hydrogen (secondary N) is 2. The van der Waals surface area contributed by atoms with Gasteiger partial charge in [-0.1, -0.05) is 18.2 Å². The number of rotatable bonds is 7. The highest BCUT2D eigenvalue weighted by Crippen LogP contribution is 2.14. The molecule has 0 fully saturated rings. The minimum atomic E-state index is -0.0196. The average Bonchev–Trinajstić information content (AvgIpc) is 3.36. The molecule has 0 aliphatic carbocycles. The van der Waals surface area contributed by atoms with Crippen LogP contribution in [-0.2, 0) is 11.3 Å². The Bertz CT molecular complexity index is 1040. The van der Waals surface area contributed by atoms with Gasteiger partial charge in [0.05, 0.1) is 0 Å². The Morgan fingerprint density at radius 3 is 2.70 bits per heavy atom. The van der Waals surface area contributed by atoms with Crippen molar-refractivity contribution in [2.45, 2.75) is 6.54 Å². The first-order valence-corrected chi connectivity index (χ1v) is 8.79. The zero-order valence-electron chi connectivity index (χ0n) is 14.7. The molecule has 4 rings (SSSR count). The second kappa shape index (κ2) is 7.74. The summed E-state index contributed by atoms with van der Waals surface area (Å²) < 4.78 is 3.86. The molecular weight excluding hydrogens is 340 g/mol. The fourth-order valence-electron chi connectivity index (χ4n) is 2.95. The van der Waals surface area contributed by atoms with Crippen molar-refractivity contribution >= 4 is 22.6 Å². The molecule has 0 bridgehead atoms. The Balaban J connectivity index is 1.26. The van der Waals surface area contributed by atoms with Gasteiger partial charge in [-0.2, -0.15) is 0 Å². The summed E-state index contributed by atoms with van der Waals surface area (Å²) in [7, 11) is 0. The van der Waals surface area contributed by atoms with Crippen LogP contribution in [0.4, 0.5) is 5.82 Å². The van der Waals surface area contributed by atoms with Crippen molar-refractivity contribution in [1.29, 1.82) is 0 Å². The van der Waals surface area contributed by atoms with Gasteiger partial charge in [0, 0.05) is 43.3 Å². The van der Waals surface area contributed by atoms with E-state index >= 15 is 0 Å². The number of carbonyl (C=O) groups excluding carboxylic acids is 1. The van der Waals surface area contributed by atoms with Gasteiger partial charge in [0.15, 0.2) is 0 Å². The van der Waals surface area contributed by atoms with Gasteiger partial charge in [-0.25, -0.2) is 9.97 Å². The molecule has 0 saturated heterocycles. The minimum Gasteiger partial charge on any atom is -0.368 e. The van der Waals surface area contributed by atoms with Crippen LogP contribution in [0.1, 0.15) is 0 Å². The molecule has 0 unspecified atom stereocenters. The third-order valence-electron chi connectivity index (χ3n) is 4.27. The van der Waals surface area contributed by atoms with Gasteiger partial charge in [-0.05, 0) is 29.7 Å². The first kappa shape index (κ1) is 16.8. The van der Waals surface area contributed by atoms with Gasteiger partial charge in [-0.15, -0.1) is 0 Å². The molecule has 7 nitrogen and oxygen atoms in total. The molecule has 0 radical (unpaired) electrons. The Labute approximate surface area is 156 Å². The maximum atomic E-state index is 12.2. The summed E-state index contributed by atoms with van der Waals surface area (Å²) in [5, 5.41) is 7.27. The van der Waals surface area contributed by atoms with Crippen LogP contribution in [0.3, 0.4) is 0 Å². The highest BCUT2D eigenvalue weighted by Gasteiger charge is 2.05. The molecular formula is C20H20N6O. The van der Waals surface area contributed by atoms with Crippen molar-refractivity contribution in [3.05, 3.63) is 73.4 Å². The van der Waals surface area contributed by atoms with Crippen LogP contribution in [0.15, 0.2) is 73.4 Å². The van der Waals surface area contributed by atoms with E-state index in [9.17, 15) is 4.79 Å². The maximum Gasteiger partial charge on any atom is 0.240 e. The maximum absolute atomic E-state index is 12.2. The van der Waals surface area contributed by atoms with Crippen LogP contribution in [0.25, 0.3) is 16.7 Å². The van der Waals surface area contributed by atoms with Crippen LogP contribution in [0.2, 0.25) is 0 Å². The number of carbonyl (C=O) groups is 1. The number of aromatic nitrogens is 4. The molecule has 3 heterocycles. The molecule has 0 aliphatic rings. The van der Waals surface area contributed by atoms with Gasteiger partial charge in [0.2, 0.25) is 5.91 Å². The highest BCUT2D eigenvalue weighted by atomic mass is 16.1. The van der Waals surface area contributed by atoms with Crippen molar-refractivity contribution in [2.24, 2.45) is 0 Å². The number of fused-ring (bicyclic) bond motifs is 1. The van der Waals surface area contributed by atoms with Gasteiger partial charge in [0.25, 0.3) is 0 Å². The number of para-hydroxylation sites is 1. The van der Waals surface area contributed by atoms with Gasteiger partial charge in [0.1, 0.15) is 24.5 Å². The first-order chi connectivity index (χ1) is 13.3. The van der Waals surface area contributed by atoms with Gasteiger partial charge >= 0.3 is 0 Å². The number of amides is 1. The monoisotopic (exact) mass is 360 g/mol. The molecule has 3 aromatic heterocycles. The number of hydrogen-bond donors (Lipinski definition) is 2. The predicted octanol–water partition coefficient (Wildman–Crippen LogP) is 2.45. The van der Waals surface area contributed by atoms with Crippen molar-refractivity contribution < 1.29 is 4.79 Å². The molecule has 7 heteroatoms. The summed E-state index contributed by atoms with van der Waals surface area (Å²) in [5.74, 6) is 1.49. The van der Waals surface area contributed by atoms with E-state index in [4.69, 9.17) is 0 Å². The van der Waals surface area contributed by atoms with Gasteiger partial charge < -0.3 is 19.8 Å². The summed E-state index contributed by atoms with van der Waals surface area (Å²) in [4.78, 5) is 20.6. The van der Waals surface area contributed by atoms with Crippen LogP contribution in [0.5, 0.6) is 0 Å². The molecule has 27 heavy (non-hydrogen) atoms. The van der Waals surface area contributed by atoms with E-state index < -0.39 is 0 Å². The summed E-state index contributed by atoms with van der Waals surface area (Å²) in [6, 6.07) is 15.8. The SMILES string of the molecule is O=C(Cn1ccc2ccccc21)NCCNc1cc(-n2cccc2)ncn1. The lowest BCUT2D eigenvalue weighted by molar-refractivity contribution is -0.121. The van der Waals surface area contributed by atoms with E-state index in [-0.39, 0.29) is 5.91 Å². The number of benzene rings is 1. The molecule has 2 N–H and O–H groups in total. The normalized spacial score (nSPS) is 10.8. The fraction of sp³-hybridized carbons (Fsp3) is 0.150. The molecule has 0 spiro atoms. The van der Waals surface area contributed by atoms with Crippen LogP contribution in [-0.4, -0.2) is 38.1 Å². The summed E-state index contributed by atoms with van der Waals surface area (Å²) in [5.41, 5.74) is 1.06. The molecule has 1 amide bonds. The molecule has 136 valence electrons. The van der Waals surface area contributed by atoms with Crippen LogP contribution < -0.4 is 10.6 Å². The van der Waals surface area contributed by atoms with E-state index in [1.165, 1.54) is 6.33 Å². The third kappa shape index (κ3) is 3.98. The molecule has 1 aromatic carbocycles. The Hall–Kier alpha value is -3.61. The Morgan fingerprint density at radius 2 is 1.81 bits per heavy atom. The Kier molecular flexibility index (Phi) is 4.82. The Morgan fingerprint density at radius 1 is 0.963 bits per heavy atom. The molecule has 4 aromatic rings. The molecule has 0 atom stereocenters. The van der Waals surface area contributed by atoms with Crippen molar-refractivity contribution in [2.75, 3.05) is 18.4 Å². The average molecular weight is 360 g/mol. The van der Waals surface area contributed by atoms with Gasteiger partial charge in [-0.3, -0.25) is 4.79 Å². The van der Waals surface area contributed by atoms with E-state index in [0.29, 0.717) is 19.6 Å². The van der Waals surface area contributed by atoms with E-state index in [0.717, 1.165) is 22.5 Å². The van der Waals surface area contributed by atoms with Crippen molar-refractivity contribution in [3.8, 4) is 5.82 Å². The first-order valence-electron chi connectivity index (χ1n) is 8.79. The molecule has 0 aliphatic heterocycles. The third-order valence-corrected chi connectivity index (χ3v) is 4.27. The predicted molar refractivity (Wildman–Crippen MR) is 105 cm³/mol. The van der Waals surface area contributed by atoms with Crippen LogP contribution in [0, 0.1) is 0 Å². The second-order valence-corrected chi connectivity index (χ2v) is 6.13. The van der Waals surface area contributed by atoms with Crippen LogP contribution >= 0.6 is 0 Å². The van der Waals surface area contributed by atoms with Crippen molar-refractivity contribution in [3.63, 3.8) is 0 Å². The minimum absolute atomic E-state index is 0.0196. The molecule has 0 saturated carbocycles. The number of anilines is 1. The highest BCUT2D eigenvalue weighted by molar-refractivity contribution is 5.83. The van der Waals surface area contributed by atoms with E-state index in [1.807, 2.05) is 76.3 Å². The van der Waals surface area contributed by atoms with E-state index in [1.54, 1.807) is 0 Å². The smallest absolute Gasteiger partial charge is 0.240 e. The summed E-state index contributed by atoms with van der Waals surface area (Å²) in [6.07, 6.45) is 7.31. The fourth-order valence-corrected chi connectivity index (χ4v) is 2.95. The topological polar surface area (TPSA) is 76.8 Å². The van der Waals surface area contributed by atoms with E-state index in [2.05, 4.69) is 20.6 Å². The second-order valence-electron chi connectivity index (χ2n) is 6.13.